The van der Waals surface area contributed by atoms with E-state index in [1.807, 2.05) is 0 Å². The van der Waals surface area contributed by atoms with Crippen LogP contribution in [0.15, 0.2) is 0 Å². The van der Waals surface area contributed by atoms with Crippen molar-refractivity contribution in [2.24, 2.45) is 5.41 Å². The molecule has 0 N–H and O–H groups in total. The van der Waals surface area contributed by atoms with Crippen molar-refractivity contribution in [2.75, 3.05) is 32.8 Å². The van der Waals surface area contributed by atoms with Crippen molar-refractivity contribution in [3.8, 4) is 0 Å². The largest absolute Gasteiger partial charge is 0.466 e. The van der Waals surface area contributed by atoms with Gasteiger partial charge in [-0.3, -0.25) is 14.9 Å². The first-order chi connectivity index (χ1) is 8.51. The molecule has 6 nitrogen and oxygen atoms in total. The average molecular weight is 258 g/mol. The molecule has 0 bridgehead atoms. The number of nitro groups is 1. The minimum absolute atomic E-state index is 0.136. The number of carbonyl (C=O) groups excluding carboxylic acids is 1. The summed E-state index contributed by atoms with van der Waals surface area (Å²) in [6.45, 7) is 6.61. The maximum atomic E-state index is 11.6. The highest BCUT2D eigenvalue weighted by atomic mass is 16.6. The maximum absolute atomic E-state index is 11.6. The van der Waals surface area contributed by atoms with Gasteiger partial charge < -0.3 is 9.64 Å². The van der Waals surface area contributed by atoms with Crippen LogP contribution in [0.3, 0.4) is 0 Å². The number of esters is 1. The first kappa shape index (κ1) is 14.9. The molecule has 0 amide bonds. The molecule has 0 atom stereocenters. The van der Waals surface area contributed by atoms with E-state index in [1.165, 1.54) is 0 Å². The predicted octanol–water partition coefficient (Wildman–Crippen LogP) is 1.32. The molecule has 18 heavy (non-hydrogen) atoms. The molecule has 0 spiro atoms. The molecule has 1 aliphatic heterocycles. The Labute approximate surface area is 107 Å². The maximum Gasteiger partial charge on any atom is 0.306 e. The Morgan fingerprint density at radius 3 is 2.44 bits per heavy atom. The van der Waals surface area contributed by atoms with Crippen LogP contribution < -0.4 is 0 Å². The van der Waals surface area contributed by atoms with Crippen molar-refractivity contribution in [2.45, 2.75) is 33.1 Å². The third-order valence-corrected chi connectivity index (χ3v) is 3.65. The molecule has 0 aliphatic carbocycles. The molecule has 1 aliphatic rings. The van der Waals surface area contributed by atoms with Gasteiger partial charge in [-0.2, -0.15) is 0 Å². The smallest absolute Gasteiger partial charge is 0.306 e. The van der Waals surface area contributed by atoms with Gasteiger partial charge in [0.2, 0.25) is 6.54 Å². The van der Waals surface area contributed by atoms with E-state index in [1.54, 1.807) is 6.92 Å². The zero-order valence-electron chi connectivity index (χ0n) is 11.2. The Morgan fingerprint density at radius 2 is 2.00 bits per heavy atom. The van der Waals surface area contributed by atoms with Gasteiger partial charge in [-0.15, -0.1) is 0 Å². The highest BCUT2D eigenvalue weighted by molar-refractivity contribution is 5.70. The lowest BCUT2D eigenvalue weighted by atomic mass is 9.75. The molecule has 6 heteroatoms. The molecule has 0 saturated carbocycles. The van der Waals surface area contributed by atoms with Crippen LogP contribution >= 0.6 is 0 Å². The predicted molar refractivity (Wildman–Crippen MR) is 66.9 cm³/mol. The second-order valence-electron chi connectivity index (χ2n) is 4.91. The van der Waals surface area contributed by atoms with Crippen molar-refractivity contribution >= 4 is 5.97 Å². The van der Waals surface area contributed by atoms with E-state index in [-0.39, 0.29) is 23.9 Å². The molecule has 1 rings (SSSR count). The minimum Gasteiger partial charge on any atom is -0.466 e. The van der Waals surface area contributed by atoms with E-state index in [0.29, 0.717) is 19.4 Å². The molecule has 0 aromatic heterocycles. The quantitative estimate of drug-likeness (QED) is 0.408. The van der Waals surface area contributed by atoms with E-state index in [4.69, 9.17) is 4.74 Å². The second-order valence-corrected chi connectivity index (χ2v) is 4.91. The van der Waals surface area contributed by atoms with Gasteiger partial charge >= 0.3 is 5.97 Å². The topological polar surface area (TPSA) is 72.7 Å². The number of likely N-dealkylation sites (tertiary alicyclic amines) is 1. The van der Waals surface area contributed by atoms with Gasteiger partial charge in [-0.25, -0.2) is 0 Å². The number of hydrogen-bond acceptors (Lipinski definition) is 5. The van der Waals surface area contributed by atoms with Crippen molar-refractivity contribution < 1.29 is 14.5 Å². The zero-order valence-corrected chi connectivity index (χ0v) is 11.2. The van der Waals surface area contributed by atoms with E-state index in [2.05, 4.69) is 11.8 Å². The van der Waals surface area contributed by atoms with Crippen molar-refractivity contribution in [3.05, 3.63) is 10.1 Å². The molecular weight excluding hydrogens is 236 g/mol. The molecule has 0 aromatic rings. The summed E-state index contributed by atoms with van der Waals surface area (Å²) in [5.41, 5.74) is -0.512. The van der Waals surface area contributed by atoms with Crippen LogP contribution in [0.2, 0.25) is 0 Å². The number of hydrogen-bond donors (Lipinski definition) is 0. The fraction of sp³-hybridized carbons (Fsp3) is 0.917. The molecule has 0 unspecified atom stereocenters. The van der Waals surface area contributed by atoms with Crippen LogP contribution in [-0.2, 0) is 9.53 Å². The van der Waals surface area contributed by atoms with Gasteiger partial charge in [0.15, 0.2) is 0 Å². The third-order valence-electron chi connectivity index (χ3n) is 3.65. The zero-order chi connectivity index (χ0) is 13.6. The fourth-order valence-electron chi connectivity index (χ4n) is 2.53. The normalized spacial score (nSPS) is 19.4. The molecular formula is C12H22N2O4. The van der Waals surface area contributed by atoms with Crippen LogP contribution in [0.4, 0.5) is 0 Å². The first-order valence-electron chi connectivity index (χ1n) is 6.51. The van der Waals surface area contributed by atoms with Gasteiger partial charge in [-0.1, -0.05) is 6.92 Å². The highest BCUT2D eigenvalue weighted by Gasteiger charge is 2.41. The number of ether oxygens (including phenoxy) is 1. The average Bonchev–Trinajstić information content (AvgIpc) is 2.29. The lowest BCUT2D eigenvalue weighted by Crippen LogP contribution is -2.44. The minimum atomic E-state index is -0.512. The number of rotatable bonds is 6. The summed E-state index contributed by atoms with van der Waals surface area (Å²) >= 11 is 0. The summed E-state index contributed by atoms with van der Waals surface area (Å²) in [4.78, 5) is 24.3. The lowest BCUT2D eigenvalue weighted by molar-refractivity contribution is -0.499. The molecule has 1 fully saturated rings. The summed E-state index contributed by atoms with van der Waals surface area (Å²) in [5, 5.41) is 10.8. The Balaban J connectivity index is 2.65. The molecule has 1 saturated heterocycles. The van der Waals surface area contributed by atoms with Crippen molar-refractivity contribution in [1.82, 2.24) is 4.90 Å². The van der Waals surface area contributed by atoms with E-state index in [9.17, 15) is 14.9 Å². The Morgan fingerprint density at radius 1 is 1.39 bits per heavy atom. The van der Waals surface area contributed by atoms with E-state index >= 15 is 0 Å². The van der Waals surface area contributed by atoms with Crippen LogP contribution in [0.1, 0.15) is 33.1 Å². The van der Waals surface area contributed by atoms with Crippen molar-refractivity contribution in [3.63, 3.8) is 0 Å². The number of piperidine rings is 1. The summed E-state index contributed by atoms with van der Waals surface area (Å²) in [6, 6.07) is 0. The summed E-state index contributed by atoms with van der Waals surface area (Å²) in [5.74, 6) is -0.315. The van der Waals surface area contributed by atoms with Gasteiger partial charge in [0.05, 0.1) is 13.0 Å². The fourth-order valence-corrected chi connectivity index (χ4v) is 2.53. The number of carbonyl (C=O) groups is 1. The summed E-state index contributed by atoms with van der Waals surface area (Å²) < 4.78 is 4.93. The molecule has 1 heterocycles. The van der Waals surface area contributed by atoms with Crippen LogP contribution in [0.5, 0.6) is 0 Å². The monoisotopic (exact) mass is 258 g/mol. The summed E-state index contributed by atoms with van der Waals surface area (Å²) in [6.07, 6.45) is 1.56. The molecule has 0 aromatic carbocycles. The van der Waals surface area contributed by atoms with Crippen LogP contribution in [-0.4, -0.2) is 48.6 Å². The Hall–Kier alpha value is -1.17. The lowest BCUT2D eigenvalue weighted by Gasteiger charge is -2.38. The van der Waals surface area contributed by atoms with E-state index in [0.717, 1.165) is 19.6 Å². The van der Waals surface area contributed by atoms with Crippen molar-refractivity contribution in [1.29, 1.82) is 0 Å². The Kier molecular flexibility index (Phi) is 5.53. The van der Waals surface area contributed by atoms with E-state index < -0.39 is 5.41 Å². The summed E-state index contributed by atoms with van der Waals surface area (Å²) in [7, 11) is 0. The molecule has 0 radical (unpaired) electrons. The van der Waals surface area contributed by atoms with Gasteiger partial charge in [0.1, 0.15) is 0 Å². The van der Waals surface area contributed by atoms with Gasteiger partial charge in [0.25, 0.3) is 0 Å². The van der Waals surface area contributed by atoms with Crippen LogP contribution in [0.25, 0.3) is 0 Å². The first-order valence-corrected chi connectivity index (χ1v) is 6.51. The highest BCUT2D eigenvalue weighted by Crippen LogP contribution is 2.35. The molecule has 104 valence electrons. The third kappa shape index (κ3) is 4.25. The number of nitrogens with zero attached hydrogens (tertiary/aromatic N) is 2. The Bertz CT molecular complexity index is 298. The standard InChI is InChI=1S/C12H22N2O4/c1-3-13-7-5-12(6-8-13,10-14(16)17)9-11(15)18-4-2/h3-10H2,1-2H3. The van der Waals surface area contributed by atoms with Crippen LogP contribution in [0, 0.1) is 15.5 Å². The SMILES string of the molecule is CCOC(=O)CC1(C[N+](=O)[O-])CCN(CC)CC1. The van der Waals surface area contributed by atoms with Gasteiger partial charge in [0, 0.05) is 10.3 Å². The van der Waals surface area contributed by atoms with Gasteiger partial charge in [-0.05, 0) is 39.4 Å². The second kappa shape index (κ2) is 6.68.